The molecule has 158 valence electrons. The molecule has 0 aliphatic heterocycles. The van der Waals surface area contributed by atoms with Crippen LogP contribution in [-0.4, -0.2) is 25.9 Å². The number of carbonyl (C=O) groups excluding carboxylic acids is 1. The highest BCUT2D eigenvalue weighted by molar-refractivity contribution is 7.92. The third-order valence-electron chi connectivity index (χ3n) is 3.68. The molecule has 12 heteroatoms. The van der Waals surface area contributed by atoms with Gasteiger partial charge in [-0.05, 0) is 50.2 Å². The standard InChI is InChI=1S/C17H17ClF3N3O4S/c1-9(2)29(26,27)15-6-3-10(18)7-14(15)23-24-16(25)12-8-11(4-5-13(12)22)28-17(19,20)21/h3-9,23H,22H2,1-2H3,(H,24,25). The lowest BCUT2D eigenvalue weighted by Gasteiger charge is -2.16. The second kappa shape index (κ2) is 8.37. The molecule has 0 spiro atoms. The van der Waals surface area contributed by atoms with Gasteiger partial charge in [-0.1, -0.05) is 11.6 Å². The van der Waals surface area contributed by atoms with Crippen LogP contribution in [0.25, 0.3) is 0 Å². The third-order valence-corrected chi connectivity index (χ3v) is 6.13. The Hall–Kier alpha value is -2.66. The van der Waals surface area contributed by atoms with E-state index < -0.39 is 33.1 Å². The topological polar surface area (TPSA) is 111 Å². The number of sulfone groups is 1. The van der Waals surface area contributed by atoms with Crippen LogP contribution in [0.1, 0.15) is 24.2 Å². The van der Waals surface area contributed by atoms with E-state index in [1.54, 1.807) is 0 Å². The molecule has 0 saturated carbocycles. The average Bonchev–Trinajstić information content (AvgIpc) is 2.59. The minimum atomic E-state index is -4.94. The predicted molar refractivity (Wildman–Crippen MR) is 102 cm³/mol. The Labute approximate surface area is 169 Å². The smallest absolute Gasteiger partial charge is 0.406 e. The fraction of sp³-hybridized carbons (Fsp3) is 0.235. The van der Waals surface area contributed by atoms with Crippen molar-refractivity contribution in [3.63, 3.8) is 0 Å². The van der Waals surface area contributed by atoms with Crippen LogP contribution < -0.4 is 21.3 Å². The normalized spacial score (nSPS) is 12.0. The second-order valence-corrected chi connectivity index (χ2v) is 9.02. The summed E-state index contributed by atoms with van der Waals surface area (Å²) in [6.07, 6.45) is -4.94. The molecule has 0 heterocycles. The first-order chi connectivity index (χ1) is 13.3. The van der Waals surface area contributed by atoms with Crippen LogP contribution in [0.3, 0.4) is 0 Å². The van der Waals surface area contributed by atoms with Crippen LogP contribution in [0.2, 0.25) is 5.02 Å². The highest BCUT2D eigenvalue weighted by Crippen LogP contribution is 2.29. The number of hydrazine groups is 1. The molecule has 0 bridgehead atoms. The van der Waals surface area contributed by atoms with E-state index in [0.717, 1.165) is 18.2 Å². The minimum Gasteiger partial charge on any atom is -0.406 e. The van der Waals surface area contributed by atoms with E-state index in [2.05, 4.69) is 15.6 Å². The molecule has 1 amide bonds. The summed E-state index contributed by atoms with van der Waals surface area (Å²) in [5.74, 6) is -1.55. The Balaban J connectivity index is 2.28. The van der Waals surface area contributed by atoms with Gasteiger partial charge in [-0.3, -0.25) is 15.6 Å². The lowest BCUT2D eigenvalue weighted by Crippen LogP contribution is -2.31. The second-order valence-electron chi connectivity index (χ2n) is 6.11. The summed E-state index contributed by atoms with van der Waals surface area (Å²) in [6, 6.07) is 6.77. The maximum atomic E-state index is 12.5. The zero-order chi connectivity index (χ0) is 22.0. The van der Waals surface area contributed by atoms with Crippen LogP contribution >= 0.6 is 11.6 Å². The van der Waals surface area contributed by atoms with Gasteiger partial charge in [0.25, 0.3) is 5.91 Å². The Kier molecular flexibility index (Phi) is 6.53. The summed E-state index contributed by atoms with van der Waals surface area (Å²) in [4.78, 5) is 12.3. The molecule has 7 nitrogen and oxygen atoms in total. The average molecular weight is 452 g/mol. The highest BCUT2D eigenvalue weighted by Gasteiger charge is 2.31. The summed E-state index contributed by atoms with van der Waals surface area (Å²) in [7, 11) is -3.71. The molecule has 2 rings (SSSR count). The number of benzene rings is 2. The largest absolute Gasteiger partial charge is 0.573 e. The van der Waals surface area contributed by atoms with Crippen molar-refractivity contribution in [3.8, 4) is 5.75 Å². The monoisotopic (exact) mass is 451 g/mol. The van der Waals surface area contributed by atoms with E-state index in [-0.39, 0.29) is 26.9 Å². The molecule has 0 aliphatic carbocycles. The molecular formula is C17H17ClF3N3O4S. The van der Waals surface area contributed by atoms with Crippen LogP contribution in [0.5, 0.6) is 5.75 Å². The van der Waals surface area contributed by atoms with Gasteiger partial charge in [0.2, 0.25) is 0 Å². The fourth-order valence-electron chi connectivity index (χ4n) is 2.22. The van der Waals surface area contributed by atoms with E-state index >= 15 is 0 Å². The molecule has 4 N–H and O–H groups in total. The van der Waals surface area contributed by atoms with Crippen molar-refractivity contribution in [1.29, 1.82) is 0 Å². The summed E-state index contributed by atoms with van der Waals surface area (Å²) in [5.41, 5.74) is 9.83. The summed E-state index contributed by atoms with van der Waals surface area (Å²) < 4.78 is 65.8. The molecule has 2 aromatic rings. The third kappa shape index (κ3) is 5.67. The Morgan fingerprint density at radius 2 is 1.83 bits per heavy atom. The van der Waals surface area contributed by atoms with Crippen LogP contribution in [0.4, 0.5) is 24.5 Å². The maximum absolute atomic E-state index is 12.5. The van der Waals surface area contributed by atoms with Gasteiger partial charge in [-0.25, -0.2) is 8.42 Å². The number of nitrogen functional groups attached to an aromatic ring is 1. The van der Waals surface area contributed by atoms with Crippen LogP contribution in [0.15, 0.2) is 41.3 Å². The van der Waals surface area contributed by atoms with Crippen molar-refractivity contribution >= 4 is 38.7 Å². The minimum absolute atomic E-state index is 0.0131. The van der Waals surface area contributed by atoms with Crippen molar-refractivity contribution in [3.05, 3.63) is 47.0 Å². The maximum Gasteiger partial charge on any atom is 0.573 e. The molecular weight excluding hydrogens is 435 g/mol. The van der Waals surface area contributed by atoms with E-state index in [4.69, 9.17) is 17.3 Å². The first-order valence-electron chi connectivity index (χ1n) is 8.06. The molecule has 0 aromatic heterocycles. The number of carbonyl (C=O) groups is 1. The summed E-state index contributed by atoms with van der Waals surface area (Å²) in [6.45, 7) is 2.97. The zero-order valence-corrected chi connectivity index (χ0v) is 16.7. The van der Waals surface area contributed by atoms with E-state index in [9.17, 15) is 26.4 Å². The van der Waals surface area contributed by atoms with Gasteiger partial charge < -0.3 is 10.5 Å². The number of nitrogens with two attached hydrogens (primary N) is 1. The van der Waals surface area contributed by atoms with Crippen molar-refractivity contribution < 1.29 is 31.1 Å². The molecule has 0 aliphatic rings. The van der Waals surface area contributed by atoms with Gasteiger partial charge in [-0.2, -0.15) is 0 Å². The number of amides is 1. The van der Waals surface area contributed by atoms with Crippen molar-refractivity contribution in [2.24, 2.45) is 0 Å². The molecule has 2 aromatic carbocycles. The Morgan fingerprint density at radius 1 is 1.17 bits per heavy atom. The first-order valence-corrected chi connectivity index (χ1v) is 9.99. The van der Waals surface area contributed by atoms with Gasteiger partial charge >= 0.3 is 6.36 Å². The van der Waals surface area contributed by atoms with Gasteiger partial charge in [0.05, 0.1) is 21.4 Å². The van der Waals surface area contributed by atoms with Crippen LogP contribution in [-0.2, 0) is 9.84 Å². The number of hydrogen-bond acceptors (Lipinski definition) is 6. The lowest BCUT2D eigenvalue weighted by molar-refractivity contribution is -0.274. The number of anilines is 2. The zero-order valence-electron chi connectivity index (χ0n) is 15.2. The number of ether oxygens (including phenoxy) is 1. The SMILES string of the molecule is CC(C)S(=O)(=O)c1ccc(Cl)cc1NNC(=O)c1cc(OC(F)(F)F)ccc1N. The van der Waals surface area contributed by atoms with E-state index in [1.165, 1.54) is 32.0 Å². The van der Waals surface area contributed by atoms with Gasteiger partial charge in [-0.15, -0.1) is 13.2 Å². The molecule has 29 heavy (non-hydrogen) atoms. The predicted octanol–water partition coefficient (Wildman–Crippen LogP) is 3.76. The number of hydrogen-bond donors (Lipinski definition) is 3. The quantitative estimate of drug-likeness (QED) is 0.455. The van der Waals surface area contributed by atoms with Crippen LogP contribution in [0, 0.1) is 0 Å². The number of rotatable bonds is 6. The van der Waals surface area contributed by atoms with Gasteiger partial charge in [0, 0.05) is 10.7 Å². The molecule has 0 fully saturated rings. The molecule has 0 saturated heterocycles. The molecule has 0 radical (unpaired) electrons. The van der Waals surface area contributed by atoms with Gasteiger partial charge in [0.1, 0.15) is 5.75 Å². The summed E-state index contributed by atoms with van der Waals surface area (Å²) in [5, 5.41) is -0.545. The van der Waals surface area contributed by atoms with E-state index in [0.29, 0.717) is 0 Å². The van der Waals surface area contributed by atoms with Crippen molar-refractivity contribution in [2.75, 3.05) is 11.2 Å². The van der Waals surface area contributed by atoms with Gasteiger partial charge in [0.15, 0.2) is 9.84 Å². The number of alkyl halides is 3. The van der Waals surface area contributed by atoms with Crippen molar-refractivity contribution in [1.82, 2.24) is 5.43 Å². The number of halogens is 4. The van der Waals surface area contributed by atoms with Crippen molar-refractivity contribution in [2.45, 2.75) is 30.4 Å². The molecule has 0 unspecified atom stereocenters. The van der Waals surface area contributed by atoms with E-state index in [1.807, 2.05) is 0 Å². The summed E-state index contributed by atoms with van der Waals surface area (Å²) >= 11 is 5.90. The lowest BCUT2D eigenvalue weighted by atomic mass is 10.1. The number of nitrogens with one attached hydrogen (secondary N) is 2. The highest BCUT2D eigenvalue weighted by atomic mass is 35.5. The molecule has 0 atom stereocenters. The fourth-order valence-corrected chi connectivity index (χ4v) is 3.58. The Morgan fingerprint density at radius 3 is 2.41 bits per heavy atom. The Bertz CT molecular complexity index is 1030. The first kappa shape index (κ1) is 22.6.